The van der Waals surface area contributed by atoms with Crippen molar-refractivity contribution in [2.75, 3.05) is 17.2 Å². The van der Waals surface area contributed by atoms with E-state index in [1.807, 2.05) is 12.3 Å². The van der Waals surface area contributed by atoms with Crippen LogP contribution < -0.4 is 10.6 Å². The molecule has 4 heterocycles. The Labute approximate surface area is 167 Å². The molecule has 1 aromatic carbocycles. The van der Waals surface area contributed by atoms with Gasteiger partial charge in [-0.3, -0.25) is 0 Å². The van der Waals surface area contributed by atoms with Gasteiger partial charge in [0.2, 0.25) is 5.13 Å². The summed E-state index contributed by atoms with van der Waals surface area (Å²) in [5.41, 5.74) is 9.93. The van der Waals surface area contributed by atoms with E-state index >= 15 is 0 Å². The van der Waals surface area contributed by atoms with E-state index in [-0.39, 0.29) is 0 Å². The molecule has 1 saturated heterocycles. The lowest BCUT2D eigenvalue weighted by Gasteiger charge is -2.34. The van der Waals surface area contributed by atoms with E-state index in [1.165, 1.54) is 30.6 Å². The van der Waals surface area contributed by atoms with Gasteiger partial charge in [0.05, 0.1) is 5.69 Å². The molecule has 1 aliphatic rings. The molecule has 0 unspecified atom stereocenters. The molecule has 3 N–H and O–H groups in total. The van der Waals surface area contributed by atoms with Crippen LogP contribution >= 0.6 is 11.3 Å². The summed E-state index contributed by atoms with van der Waals surface area (Å²) in [5.74, 6) is 1.06. The van der Waals surface area contributed by atoms with Crippen LogP contribution in [-0.4, -0.2) is 32.8 Å². The minimum atomic E-state index is 0.481. The Kier molecular flexibility index (Phi) is 4.24. The first-order valence-electron chi connectivity index (χ1n) is 9.63. The average molecular weight is 391 g/mol. The smallest absolute Gasteiger partial charge is 0.203 e. The van der Waals surface area contributed by atoms with Crippen molar-refractivity contribution in [2.45, 2.75) is 32.2 Å². The number of nitrogens with zero attached hydrogens (tertiary/aromatic N) is 4. The maximum Gasteiger partial charge on any atom is 0.203 e. The van der Waals surface area contributed by atoms with E-state index < -0.39 is 0 Å². The number of nitrogens with one attached hydrogen (secondary N) is 1. The molecule has 0 saturated carbocycles. The maximum atomic E-state index is 5.75. The first-order chi connectivity index (χ1) is 13.7. The Morgan fingerprint density at radius 1 is 1.18 bits per heavy atom. The predicted molar refractivity (Wildman–Crippen MR) is 116 cm³/mol. The highest BCUT2D eigenvalue weighted by Crippen LogP contribution is 2.34. The van der Waals surface area contributed by atoms with Gasteiger partial charge in [-0.25, -0.2) is 4.98 Å². The number of anilines is 2. The van der Waals surface area contributed by atoms with Crippen LogP contribution in [0, 0.1) is 0 Å². The zero-order valence-electron chi connectivity index (χ0n) is 15.7. The highest BCUT2D eigenvalue weighted by atomic mass is 32.1. The monoisotopic (exact) mass is 390 g/mol. The van der Waals surface area contributed by atoms with Crippen molar-refractivity contribution in [2.24, 2.45) is 0 Å². The van der Waals surface area contributed by atoms with Crippen LogP contribution in [0.1, 0.15) is 26.2 Å². The number of aromatic amines is 1. The number of H-pyrrole nitrogens is 1. The van der Waals surface area contributed by atoms with Crippen molar-refractivity contribution < 1.29 is 0 Å². The third kappa shape index (κ3) is 3.01. The number of benzene rings is 1. The first kappa shape index (κ1) is 17.2. The third-order valence-electron chi connectivity index (χ3n) is 5.48. The quantitative estimate of drug-likeness (QED) is 0.529. The van der Waals surface area contributed by atoms with E-state index in [0.29, 0.717) is 11.2 Å². The summed E-state index contributed by atoms with van der Waals surface area (Å²) < 4.78 is 0. The molecule has 0 spiro atoms. The molecule has 3 aromatic heterocycles. The second kappa shape index (κ2) is 6.91. The molecule has 1 fully saturated rings. The molecule has 5 rings (SSSR count). The van der Waals surface area contributed by atoms with E-state index in [1.54, 1.807) is 0 Å². The number of nitrogen functional groups attached to an aromatic ring is 1. The lowest BCUT2D eigenvalue weighted by atomic mass is 10.0. The lowest BCUT2D eigenvalue weighted by Crippen LogP contribution is -2.37. The van der Waals surface area contributed by atoms with Crippen molar-refractivity contribution in [1.29, 1.82) is 0 Å². The van der Waals surface area contributed by atoms with Gasteiger partial charge in [0.1, 0.15) is 10.8 Å². The largest absolute Gasteiger partial charge is 0.374 e. The van der Waals surface area contributed by atoms with Crippen LogP contribution in [0.2, 0.25) is 0 Å². The van der Waals surface area contributed by atoms with Crippen molar-refractivity contribution in [3.63, 3.8) is 0 Å². The summed E-state index contributed by atoms with van der Waals surface area (Å²) in [6, 6.07) is 13.1. The van der Waals surface area contributed by atoms with E-state index in [0.717, 1.165) is 45.1 Å². The molecule has 142 valence electrons. The number of fused-ring (bicyclic) bond motifs is 1. The molecule has 0 bridgehead atoms. The van der Waals surface area contributed by atoms with Crippen LogP contribution in [0.3, 0.4) is 0 Å². The Bertz CT molecular complexity index is 1130. The fourth-order valence-electron chi connectivity index (χ4n) is 3.99. The highest BCUT2D eigenvalue weighted by Gasteiger charge is 2.20. The van der Waals surface area contributed by atoms with Gasteiger partial charge >= 0.3 is 0 Å². The Morgan fingerprint density at radius 3 is 2.93 bits per heavy atom. The van der Waals surface area contributed by atoms with Gasteiger partial charge in [-0.15, -0.1) is 10.2 Å². The minimum Gasteiger partial charge on any atom is -0.374 e. The molecule has 28 heavy (non-hydrogen) atoms. The minimum absolute atomic E-state index is 0.481. The van der Waals surface area contributed by atoms with Gasteiger partial charge in [0.15, 0.2) is 0 Å². The van der Waals surface area contributed by atoms with Crippen LogP contribution in [0.15, 0.2) is 42.6 Å². The van der Waals surface area contributed by atoms with E-state index in [2.05, 4.69) is 57.3 Å². The van der Waals surface area contributed by atoms with Crippen LogP contribution in [0.25, 0.3) is 32.7 Å². The maximum absolute atomic E-state index is 5.75. The second-order valence-corrected chi connectivity index (χ2v) is 8.34. The average Bonchev–Trinajstić information content (AvgIpc) is 3.34. The molecule has 4 aromatic rings. The molecule has 0 aliphatic carbocycles. The van der Waals surface area contributed by atoms with Gasteiger partial charge in [-0.1, -0.05) is 17.4 Å². The third-order valence-corrected chi connectivity index (χ3v) is 6.28. The Hall–Kier alpha value is -2.93. The summed E-state index contributed by atoms with van der Waals surface area (Å²) in [7, 11) is 0. The van der Waals surface area contributed by atoms with Crippen LogP contribution in [-0.2, 0) is 0 Å². The van der Waals surface area contributed by atoms with Gasteiger partial charge in [0, 0.05) is 40.8 Å². The van der Waals surface area contributed by atoms with Gasteiger partial charge < -0.3 is 15.6 Å². The standard InChI is InChI=1S/C21H22N6S/c1-13-5-2-3-10-27(13)19-7-4-6-18(24-19)16-12-23-17-9-8-14(11-15(16)17)20-25-26-21(22)28-20/h4,6-9,11-13,23H,2-3,5,10H2,1H3,(H2,22,26)/t13-/m1/s1. The van der Waals surface area contributed by atoms with Gasteiger partial charge in [-0.2, -0.15) is 0 Å². The topological polar surface area (TPSA) is 83.7 Å². The molecule has 0 radical (unpaired) electrons. The highest BCUT2D eigenvalue weighted by molar-refractivity contribution is 7.18. The van der Waals surface area contributed by atoms with E-state index in [4.69, 9.17) is 10.7 Å². The summed E-state index contributed by atoms with van der Waals surface area (Å²) in [6.07, 6.45) is 5.80. The molecule has 6 nitrogen and oxygen atoms in total. The summed E-state index contributed by atoms with van der Waals surface area (Å²) in [4.78, 5) is 10.8. The molecular formula is C21H22N6S. The van der Waals surface area contributed by atoms with Gasteiger partial charge in [0.25, 0.3) is 0 Å². The Morgan fingerprint density at radius 2 is 2.11 bits per heavy atom. The second-order valence-electron chi connectivity index (χ2n) is 7.33. The molecular weight excluding hydrogens is 368 g/mol. The van der Waals surface area contributed by atoms with E-state index in [9.17, 15) is 0 Å². The number of aromatic nitrogens is 4. The number of hydrogen-bond donors (Lipinski definition) is 2. The fourth-order valence-corrected chi connectivity index (χ4v) is 4.59. The van der Waals surface area contributed by atoms with Gasteiger partial charge in [-0.05, 0) is 56.5 Å². The fraction of sp³-hybridized carbons (Fsp3) is 0.286. The van der Waals surface area contributed by atoms with Crippen molar-refractivity contribution in [3.8, 4) is 21.8 Å². The Balaban J connectivity index is 1.56. The number of rotatable bonds is 3. The number of piperidine rings is 1. The van der Waals surface area contributed by atoms with Crippen molar-refractivity contribution in [3.05, 3.63) is 42.6 Å². The summed E-state index contributed by atoms with van der Waals surface area (Å²) >= 11 is 1.40. The zero-order chi connectivity index (χ0) is 19.1. The number of nitrogens with two attached hydrogens (primary N) is 1. The lowest BCUT2D eigenvalue weighted by molar-refractivity contribution is 0.481. The van der Waals surface area contributed by atoms with Crippen molar-refractivity contribution in [1.82, 2.24) is 20.2 Å². The molecule has 0 amide bonds. The van der Waals surface area contributed by atoms with Crippen LogP contribution in [0.5, 0.6) is 0 Å². The van der Waals surface area contributed by atoms with Crippen LogP contribution in [0.4, 0.5) is 10.9 Å². The number of hydrogen-bond acceptors (Lipinski definition) is 6. The predicted octanol–water partition coefficient (Wildman–Crippen LogP) is 4.71. The zero-order valence-corrected chi connectivity index (χ0v) is 16.5. The summed E-state index contributed by atoms with van der Waals surface area (Å²) in [5, 5.41) is 10.5. The SMILES string of the molecule is C[C@@H]1CCCCN1c1cccc(-c2c[nH]c3ccc(-c4nnc(N)s4)cc23)n1. The molecule has 1 aliphatic heterocycles. The summed E-state index contributed by atoms with van der Waals surface area (Å²) in [6.45, 7) is 3.37. The normalized spacial score (nSPS) is 17.3. The first-order valence-corrected chi connectivity index (χ1v) is 10.5. The molecule has 7 heteroatoms. The number of pyridine rings is 1. The molecule has 1 atom stereocenters. The van der Waals surface area contributed by atoms with Crippen molar-refractivity contribution >= 4 is 33.2 Å².